The van der Waals surface area contributed by atoms with Gasteiger partial charge in [-0.3, -0.25) is 0 Å². The first-order chi connectivity index (χ1) is 10.2. The summed E-state index contributed by atoms with van der Waals surface area (Å²) >= 11 is 0. The Labute approximate surface area is 174 Å². The molecule has 23 heavy (non-hydrogen) atoms. The van der Waals surface area contributed by atoms with Crippen LogP contribution in [0.3, 0.4) is 0 Å². The van der Waals surface area contributed by atoms with E-state index in [9.17, 15) is 0 Å². The van der Waals surface area contributed by atoms with Gasteiger partial charge in [0.1, 0.15) is 24.8 Å². The van der Waals surface area contributed by atoms with Gasteiger partial charge in [-0.05, 0) is 19.3 Å². The van der Waals surface area contributed by atoms with E-state index in [0.29, 0.717) is 0 Å². The summed E-state index contributed by atoms with van der Waals surface area (Å²) in [6.07, 6.45) is 14.7. The van der Waals surface area contributed by atoms with Crippen molar-refractivity contribution in [2.75, 3.05) is 0 Å². The van der Waals surface area contributed by atoms with Gasteiger partial charge in [0.2, 0.25) is 0 Å². The molecule has 0 radical (unpaired) electrons. The van der Waals surface area contributed by atoms with Crippen LogP contribution in [0.15, 0.2) is 24.8 Å². The van der Waals surface area contributed by atoms with Crippen LogP contribution < -0.4 is 57.1 Å². The zero-order chi connectivity index (χ0) is 15.2. The van der Waals surface area contributed by atoms with Gasteiger partial charge in [0.05, 0.1) is 27.2 Å². The summed E-state index contributed by atoms with van der Waals surface area (Å²) in [7, 11) is 4.27. The first-order valence-electron chi connectivity index (χ1n) is 8.24. The van der Waals surface area contributed by atoms with Crippen molar-refractivity contribution < 1.29 is 57.1 Å². The normalized spacial score (nSPS) is 10.3. The molecule has 2 heterocycles. The summed E-state index contributed by atoms with van der Waals surface area (Å²) in [5.74, 6) is 2.83. The molecule has 0 aromatic carbocycles. The Morgan fingerprint density at radius 1 is 0.739 bits per heavy atom. The van der Waals surface area contributed by atoms with E-state index in [2.05, 4.69) is 71.0 Å². The van der Waals surface area contributed by atoms with E-state index in [-0.39, 0.29) is 48.0 Å². The van der Waals surface area contributed by atoms with E-state index in [1.165, 1.54) is 30.9 Å². The molecule has 2 aromatic heterocycles. The van der Waals surface area contributed by atoms with Crippen molar-refractivity contribution in [1.29, 1.82) is 0 Å². The summed E-state index contributed by atoms with van der Waals surface area (Å²) in [4.78, 5) is 0. The van der Waals surface area contributed by atoms with Crippen molar-refractivity contribution in [3.63, 3.8) is 0 Å². The Balaban J connectivity index is 0.00000242. The number of nitrogens with zero attached hydrogens (tertiary/aromatic N) is 4. The monoisotopic (exact) mass is 544 g/mol. The highest BCUT2D eigenvalue weighted by atomic mass is 127. The number of imidazole rings is 2. The van der Waals surface area contributed by atoms with Crippen LogP contribution in [0.5, 0.6) is 0 Å². The summed E-state index contributed by atoms with van der Waals surface area (Å²) < 4.78 is 9.25. The zero-order valence-electron chi connectivity index (χ0n) is 14.8. The molecule has 2 rings (SSSR count). The summed E-state index contributed by atoms with van der Waals surface area (Å²) in [6.45, 7) is 6.74. The van der Waals surface area contributed by atoms with Crippen LogP contribution in [-0.4, -0.2) is 9.13 Å². The SMILES string of the molecule is CCc1n(CCCCCn2cc[n+](C)c2CC)cc[n+]1C.[I-].[I-]. The van der Waals surface area contributed by atoms with Crippen molar-refractivity contribution in [2.45, 2.75) is 59.0 Å². The lowest BCUT2D eigenvalue weighted by atomic mass is 10.2. The van der Waals surface area contributed by atoms with Gasteiger partial charge in [-0.15, -0.1) is 0 Å². The predicted octanol–water partition coefficient (Wildman–Crippen LogP) is -4.06. The molecular weight excluding hydrogens is 514 g/mol. The van der Waals surface area contributed by atoms with E-state index in [1.807, 2.05) is 0 Å². The minimum Gasteiger partial charge on any atom is -1.00 e. The fourth-order valence-corrected chi connectivity index (χ4v) is 3.16. The van der Waals surface area contributed by atoms with Gasteiger partial charge in [0.25, 0.3) is 11.6 Å². The molecular formula is C17H30I2N4. The average molecular weight is 544 g/mol. The molecule has 6 heteroatoms. The van der Waals surface area contributed by atoms with E-state index in [4.69, 9.17) is 0 Å². The highest BCUT2D eigenvalue weighted by molar-refractivity contribution is 4.83. The van der Waals surface area contributed by atoms with Crippen molar-refractivity contribution in [3.05, 3.63) is 36.4 Å². The minimum absolute atomic E-state index is 0. The van der Waals surface area contributed by atoms with Crippen LogP contribution in [0.4, 0.5) is 0 Å². The third-order valence-electron chi connectivity index (χ3n) is 4.35. The lowest BCUT2D eigenvalue weighted by Crippen LogP contribution is -3.00. The molecule has 132 valence electrons. The van der Waals surface area contributed by atoms with Crippen molar-refractivity contribution >= 4 is 0 Å². The first-order valence-corrected chi connectivity index (χ1v) is 8.24. The van der Waals surface area contributed by atoms with Gasteiger partial charge in [0, 0.05) is 12.8 Å². The molecule has 0 aliphatic rings. The Morgan fingerprint density at radius 2 is 1.13 bits per heavy atom. The summed E-state index contributed by atoms with van der Waals surface area (Å²) in [5, 5.41) is 0. The van der Waals surface area contributed by atoms with Crippen LogP contribution in [0.1, 0.15) is 44.8 Å². The van der Waals surface area contributed by atoms with Crippen LogP contribution >= 0.6 is 0 Å². The molecule has 0 bridgehead atoms. The molecule has 0 spiro atoms. The number of aromatic nitrogens is 4. The first kappa shape index (κ1) is 22.9. The molecule has 0 saturated carbocycles. The highest BCUT2D eigenvalue weighted by Gasteiger charge is 2.13. The predicted molar refractivity (Wildman–Crippen MR) is 83.8 cm³/mol. The maximum Gasteiger partial charge on any atom is 0.255 e. The minimum atomic E-state index is 0. The van der Waals surface area contributed by atoms with Crippen molar-refractivity contribution in [3.8, 4) is 0 Å². The zero-order valence-corrected chi connectivity index (χ0v) is 19.1. The van der Waals surface area contributed by atoms with Crippen molar-refractivity contribution in [2.24, 2.45) is 14.1 Å². The van der Waals surface area contributed by atoms with E-state index < -0.39 is 0 Å². The molecule has 0 atom stereocenters. The summed E-state index contributed by atoms with van der Waals surface area (Å²) in [5.41, 5.74) is 0. The van der Waals surface area contributed by atoms with Gasteiger partial charge in [0.15, 0.2) is 0 Å². The Kier molecular flexibility index (Phi) is 11.4. The smallest absolute Gasteiger partial charge is 0.255 e. The molecule has 2 aromatic rings. The van der Waals surface area contributed by atoms with Gasteiger partial charge in [-0.1, -0.05) is 13.8 Å². The third-order valence-corrected chi connectivity index (χ3v) is 4.35. The number of hydrogen-bond donors (Lipinski definition) is 0. The molecule has 0 saturated heterocycles. The van der Waals surface area contributed by atoms with Gasteiger partial charge < -0.3 is 48.0 Å². The number of aryl methyl sites for hydroxylation is 4. The number of unbranched alkanes of at least 4 members (excludes halogenated alkanes) is 2. The fourth-order valence-electron chi connectivity index (χ4n) is 3.16. The van der Waals surface area contributed by atoms with Crippen LogP contribution in [0, 0.1) is 0 Å². The molecule has 0 aliphatic heterocycles. The maximum atomic E-state index is 2.40. The van der Waals surface area contributed by atoms with Crippen LogP contribution in [-0.2, 0) is 40.0 Å². The van der Waals surface area contributed by atoms with Crippen LogP contribution in [0.25, 0.3) is 0 Å². The van der Waals surface area contributed by atoms with E-state index in [0.717, 1.165) is 25.9 Å². The van der Waals surface area contributed by atoms with Gasteiger partial charge in [-0.2, -0.15) is 0 Å². The molecule has 0 unspecified atom stereocenters. The second-order valence-electron chi connectivity index (χ2n) is 5.81. The Hall–Kier alpha value is -0.120. The second-order valence-corrected chi connectivity index (χ2v) is 5.81. The maximum absolute atomic E-state index is 2.40. The number of halogens is 2. The number of hydrogen-bond acceptors (Lipinski definition) is 0. The standard InChI is InChI=1S/C17H30N4.2HI/c1-5-16-18(3)12-14-20(16)10-8-7-9-11-21-15-13-19(4)17(21)6-2;;/h12-15H,5-11H2,1-4H3;2*1H/q+2;;/p-2. The number of rotatable bonds is 8. The molecule has 4 nitrogen and oxygen atoms in total. The molecule has 0 fully saturated rings. The molecule has 0 amide bonds. The third kappa shape index (κ3) is 6.03. The van der Waals surface area contributed by atoms with E-state index >= 15 is 0 Å². The lowest BCUT2D eigenvalue weighted by molar-refractivity contribution is -0.678. The Bertz CT molecular complexity index is 525. The second kappa shape index (κ2) is 11.4. The largest absolute Gasteiger partial charge is 1.00 e. The quantitative estimate of drug-likeness (QED) is 0.183. The Morgan fingerprint density at radius 3 is 1.48 bits per heavy atom. The lowest BCUT2D eigenvalue weighted by Gasteiger charge is -2.03. The summed E-state index contributed by atoms with van der Waals surface area (Å²) in [6, 6.07) is 0. The van der Waals surface area contributed by atoms with Crippen LogP contribution in [0.2, 0.25) is 0 Å². The molecule has 0 N–H and O–H groups in total. The average Bonchev–Trinajstić information content (AvgIpc) is 3.01. The molecule has 0 aliphatic carbocycles. The van der Waals surface area contributed by atoms with Gasteiger partial charge in [-0.25, -0.2) is 18.3 Å². The topological polar surface area (TPSA) is 17.6 Å². The highest BCUT2D eigenvalue weighted by Crippen LogP contribution is 2.05. The van der Waals surface area contributed by atoms with Gasteiger partial charge >= 0.3 is 0 Å². The fraction of sp³-hybridized carbons (Fsp3) is 0.647. The van der Waals surface area contributed by atoms with Crippen molar-refractivity contribution in [1.82, 2.24) is 9.13 Å². The van der Waals surface area contributed by atoms with E-state index in [1.54, 1.807) is 0 Å².